The number of nitrogens with zero attached hydrogens (tertiary/aromatic N) is 5. The minimum atomic E-state index is -0.201. The highest BCUT2D eigenvalue weighted by Crippen LogP contribution is 2.25. The number of pyridine rings is 1. The van der Waals surface area contributed by atoms with Crippen LogP contribution in [-0.4, -0.2) is 37.5 Å². The van der Waals surface area contributed by atoms with Gasteiger partial charge in [-0.1, -0.05) is 30.3 Å². The number of benzene rings is 2. The lowest BCUT2D eigenvalue weighted by molar-refractivity contribution is 0.0698. The van der Waals surface area contributed by atoms with E-state index in [9.17, 15) is 4.79 Å². The molecule has 0 aliphatic heterocycles. The van der Waals surface area contributed by atoms with Crippen LogP contribution in [0.4, 0.5) is 0 Å². The first-order valence-electron chi connectivity index (χ1n) is 10.4. The summed E-state index contributed by atoms with van der Waals surface area (Å²) in [5.41, 5.74) is 3.31. The molecule has 1 amide bonds. The Hall–Kier alpha value is -4.20. The number of ether oxygens (including phenoxy) is 1. The fourth-order valence-electron chi connectivity index (χ4n) is 3.78. The molecule has 0 aliphatic rings. The van der Waals surface area contributed by atoms with Crippen molar-refractivity contribution in [1.29, 1.82) is 0 Å². The van der Waals surface area contributed by atoms with Gasteiger partial charge in [-0.05, 0) is 59.3 Å². The lowest BCUT2D eigenvalue weighted by Crippen LogP contribution is -2.30. The van der Waals surface area contributed by atoms with E-state index in [2.05, 4.69) is 15.5 Å². The van der Waals surface area contributed by atoms with Gasteiger partial charge in [-0.15, -0.1) is 5.10 Å². The molecule has 0 fully saturated rings. The lowest BCUT2D eigenvalue weighted by atomic mass is 10.1. The molecule has 0 saturated heterocycles. The molecule has 0 radical (unpaired) electrons. The summed E-state index contributed by atoms with van der Waals surface area (Å²) in [7, 11) is 0. The van der Waals surface area contributed by atoms with Gasteiger partial charge in [-0.2, -0.15) is 4.52 Å². The Morgan fingerprint density at radius 1 is 1.06 bits per heavy atom. The molecule has 0 N–H and O–H groups in total. The van der Waals surface area contributed by atoms with E-state index in [1.807, 2.05) is 61.5 Å². The molecular weight excluding hydrogens is 406 g/mol. The van der Waals surface area contributed by atoms with Gasteiger partial charge in [0.05, 0.1) is 24.9 Å². The van der Waals surface area contributed by atoms with Crippen molar-refractivity contribution in [2.75, 3.05) is 6.61 Å². The average molecular weight is 427 g/mol. The van der Waals surface area contributed by atoms with E-state index in [4.69, 9.17) is 9.15 Å². The largest absolute Gasteiger partial charge is 0.494 e. The number of amides is 1. The van der Waals surface area contributed by atoms with Crippen molar-refractivity contribution in [3.63, 3.8) is 0 Å². The summed E-state index contributed by atoms with van der Waals surface area (Å²) >= 11 is 0. The quantitative estimate of drug-likeness (QED) is 0.389. The third kappa shape index (κ3) is 3.78. The number of hydrogen-bond acceptors (Lipinski definition) is 6. The molecule has 8 heteroatoms. The SMILES string of the molecule is CCOc1ccc2c(c1)cc(CN(Cc1ccccc1)C(=O)c1ccco1)c1nnnn12. The van der Waals surface area contributed by atoms with Crippen molar-refractivity contribution in [2.45, 2.75) is 20.0 Å². The van der Waals surface area contributed by atoms with Crippen LogP contribution in [0.2, 0.25) is 0 Å². The molecule has 160 valence electrons. The van der Waals surface area contributed by atoms with E-state index in [1.165, 1.54) is 6.26 Å². The molecule has 0 bridgehead atoms. The molecule has 0 unspecified atom stereocenters. The number of rotatable bonds is 7. The number of furan rings is 1. The zero-order valence-electron chi connectivity index (χ0n) is 17.5. The summed E-state index contributed by atoms with van der Waals surface area (Å²) in [6, 6.07) is 21.0. The standard InChI is InChI=1S/C24H21N5O3/c1-2-31-20-10-11-21-18(14-20)13-19(23-25-26-27-29(21)23)16-28(15-17-7-4-3-5-8-17)24(30)22-9-6-12-32-22/h3-14H,2,15-16H2,1H3. The highest BCUT2D eigenvalue weighted by atomic mass is 16.5. The number of carbonyl (C=O) groups excluding carboxylic acids is 1. The summed E-state index contributed by atoms with van der Waals surface area (Å²) in [6.07, 6.45) is 1.50. The maximum absolute atomic E-state index is 13.2. The molecule has 0 atom stereocenters. The van der Waals surface area contributed by atoms with Crippen LogP contribution in [-0.2, 0) is 13.1 Å². The van der Waals surface area contributed by atoms with E-state index in [0.717, 1.165) is 27.8 Å². The van der Waals surface area contributed by atoms with Gasteiger partial charge in [0.25, 0.3) is 5.91 Å². The summed E-state index contributed by atoms with van der Waals surface area (Å²) in [5, 5.41) is 13.2. The van der Waals surface area contributed by atoms with Crippen molar-refractivity contribution < 1.29 is 13.9 Å². The van der Waals surface area contributed by atoms with Gasteiger partial charge in [0, 0.05) is 17.5 Å². The topological polar surface area (TPSA) is 85.8 Å². The van der Waals surface area contributed by atoms with Crippen LogP contribution in [0.15, 0.2) is 77.4 Å². The zero-order chi connectivity index (χ0) is 21.9. The fourth-order valence-corrected chi connectivity index (χ4v) is 3.78. The van der Waals surface area contributed by atoms with Gasteiger partial charge in [0.15, 0.2) is 11.4 Å². The van der Waals surface area contributed by atoms with Gasteiger partial charge in [-0.25, -0.2) is 0 Å². The van der Waals surface area contributed by atoms with Crippen LogP contribution in [0.1, 0.15) is 28.6 Å². The van der Waals surface area contributed by atoms with Gasteiger partial charge in [0.2, 0.25) is 0 Å². The molecule has 0 saturated carbocycles. The highest BCUT2D eigenvalue weighted by molar-refractivity contribution is 5.91. The number of carbonyl (C=O) groups is 1. The first kappa shape index (κ1) is 19.7. The van der Waals surface area contributed by atoms with Gasteiger partial charge < -0.3 is 14.1 Å². The number of tetrazole rings is 1. The molecular formula is C24H21N5O3. The van der Waals surface area contributed by atoms with E-state index in [0.29, 0.717) is 25.3 Å². The maximum Gasteiger partial charge on any atom is 0.290 e. The van der Waals surface area contributed by atoms with Gasteiger partial charge in [0.1, 0.15) is 5.75 Å². The third-order valence-electron chi connectivity index (χ3n) is 5.22. The number of aromatic nitrogens is 4. The predicted molar refractivity (Wildman–Crippen MR) is 118 cm³/mol. The normalized spacial score (nSPS) is 11.2. The molecule has 5 rings (SSSR count). The van der Waals surface area contributed by atoms with Gasteiger partial charge in [-0.3, -0.25) is 4.79 Å². The van der Waals surface area contributed by atoms with E-state index in [1.54, 1.807) is 21.5 Å². The monoisotopic (exact) mass is 427 g/mol. The van der Waals surface area contributed by atoms with Crippen LogP contribution in [0.5, 0.6) is 5.75 Å². The maximum atomic E-state index is 13.2. The Kier molecular flexibility index (Phi) is 5.25. The second-order valence-electron chi connectivity index (χ2n) is 7.36. The van der Waals surface area contributed by atoms with Crippen LogP contribution in [0.25, 0.3) is 16.6 Å². The second-order valence-corrected chi connectivity index (χ2v) is 7.36. The molecule has 2 aromatic carbocycles. The first-order chi connectivity index (χ1) is 15.7. The Bertz CT molecular complexity index is 1360. The van der Waals surface area contributed by atoms with Crippen LogP contribution in [0, 0.1) is 0 Å². The minimum absolute atomic E-state index is 0.201. The van der Waals surface area contributed by atoms with Crippen LogP contribution in [0.3, 0.4) is 0 Å². The fraction of sp³-hybridized carbons (Fsp3) is 0.167. The van der Waals surface area contributed by atoms with Crippen molar-refractivity contribution in [1.82, 2.24) is 24.9 Å². The zero-order valence-corrected chi connectivity index (χ0v) is 17.5. The Balaban J connectivity index is 1.57. The molecule has 8 nitrogen and oxygen atoms in total. The van der Waals surface area contributed by atoms with Crippen molar-refractivity contribution >= 4 is 22.5 Å². The Morgan fingerprint density at radius 3 is 2.72 bits per heavy atom. The summed E-state index contributed by atoms with van der Waals surface area (Å²) in [5.74, 6) is 0.856. The second kappa shape index (κ2) is 8.50. The van der Waals surface area contributed by atoms with Crippen molar-refractivity contribution in [2.24, 2.45) is 0 Å². The van der Waals surface area contributed by atoms with E-state index in [-0.39, 0.29) is 11.7 Å². The molecule has 5 aromatic rings. The molecule has 32 heavy (non-hydrogen) atoms. The Labute approximate surface area is 184 Å². The smallest absolute Gasteiger partial charge is 0.290 e. The van der Waals surface area contributed by atoms with Gasteiger partial charge >= 0.3 is 0 Å². The lowest BCUT2D eigenvalue weighted by Gasteiger charge is -2.22. The molecule has 3 heterocycles. The number of fused-ring (bicyclic) bond motifs is 3. The summed E-state index contributed by atoms with van der Waals surface area (Å²) < 4.78 is 12.7. The Morgan fingerprint density at radius 2 is 1.94 bits per heavy atom. The van der Waals surface area contributed by atoms with Crippen LogP contribution >= 0.6 is 0 Å². The molecule has 0 spiro atoms. The average Bonchev–Trinajstić information content (AvgIpc) is 3.52. The van der Waals surface area contributed by atoms with E-state index < -0.39 is 0 Å². The molecule has 3 aromatic heterocycles. The van der Waals surface area contributed by atoms with Crippen molar-refractivity contribution in [3.8, 4) is 5.75 Å². The summed E-state index contributed by atoms with van der Waals surface area (Å²) in [4.78, 5) is 15.0. The van der Waals surface area contributed by atoms with E-state index >= 15 is 0 Å². The third-order valence-corrected chi connectivity index (χ3v) is 5.22. The first-order valence-corrected chi connectivity index (χ1v) is 10.4. The summed E-state index contributed by atoms with van der Waals surface area (Å²) in [6.45, 7) is 3.26. The van der Waals surface area contributed by atoms with Crippen molar-refractivity contribution in [3.05, 3.63) is 89.9 Å². The predicted octanol–water partition coefficient (Wildman–Crippen LogP) is 4.11. The molecule has 0 aliphatic carbocycles. The number of hydrogen-bond donors (Lipinski definition) is 0. The highest BCUT2D eigenvalue weighted by Gasteiger charge is 2.21. The minimum Gasteiger partial charge on any atom is -0.494 e. The van der Waals surface area contributed by atoms with Crippen LogP contribution < -0.4 is 4.74 Å².